The third-order valence-corrected chi connectivity index (χ3v) is 4.31. The highest BCUT2D eigenvalue weighted by molar-refractivity contribution is 5.49. The average molecular weight is 378 g/mol. The molecule has 0 bridgehead atoms. The molecular formula is C22H22N2O4. The summed E-state index contributed by atoms with van der Waals surface area (Å²) in [6.45, 7) is 1.14. The third-order valence-electron chi connectivity index (χ3n) is 4.31. The fourth-order valence-electron chi connectivity index (χ4n) is 2.81. The summed E-state index contributed by atoms with van der Waals surface area (Å²) < 4.78 is 5.62. The average Bonchev–Trinajstić information content (AvgIpc) is 2.73. The van der Waals surface area contributed by atoms with Gasteiger partial charge in [0.05, 0.1) is 11.0 Å². The quantitative estimate of drug-likeness (QED) is 0.434. The minimum Gasteiger partial charge on any atom is -0.482 e. The molecule has 0 aromatic heterocycles. The van der Waals surface area contributed by atoms with Crippen molar-refractivity contribution in [3.8, 4) is 5.75 Å². The molecule has 0 heterocycles. The van der Waals surface area contributed by atoms with E-state index >= 15 is 0 Å². The van der Waals surface area contributed by atoms with Crippen LogP contribution in [0.1, 0.15) is 22.8 Å². The number of nitro groups is 1. The molecule has 0 spiro atoms. The Balaban J connectivity index is 1.63. The normalized spacial score (nSPS) is 11.8. The van der Waals surface area contributed by atoms with Crippen LogP contribution in [0.25, 0.3) is 0 Å². The lowest BCUT2D eigenvalue weighted by molar-refractivity contribution is -0.386. The first-order chi connectivity index (χ1) is 13.6. The molecule has 0 fully saturated rings. The van der Waals surface area contributed by atoms with Gasteiger partial charge in [0.1, 0.15) is 6.61 Å². The van der Waals surface area contributed by atoms with E-state index in [9.17, 15) is 15.2 Å². The van der Waals surface area contributed by atoms with Crippen LogP contribution in [-0.4, -0.2) is 16.6 Å². The van der Waals surface area contributed by atoms with Gasteiger partial charge in [-0.2, -0.15) is 0 Å². The van der Waals surface area contributed by atoms with Gasteiger partial charge in [-0.3, -0.25) is 10.1 Å². The maximum atomic E-state index is 11.4. The lowest BCUT2D eigenvalue weighted by Gasteiger charge is -2.14. The molecule has 144 valence electrons. The van der Waals surface area contributed by atoms with Gasteiger partial charge < -0.3 is 15.2 Å². The van der Waals surface area contributed by atoms with Crippen molar-refractivity contribution in [1.29, 1.82) is 0 Å². The second-order valence-electron chi connectivity index (χ2n) is 6.39. The van der Waals surface area contributed by atoms with E-state index in [4.69, 9.17) is 4.74 Å². The summed E-state index contributed by atoms with van der Waals surface area (Å²) in [6.07, 6.45) is -0.856. The van der Waals surface area contributed by atoms with E-state index in [1.807, 2.05) is 60.7 Å². The van der Waals surface area contributed by atoms with Crippen molar-refractivity contribution in [2.45, 2.75) is 19.3 Å². The molecule has 0 saturated carbocycles. The van der Waals surface area contributed by atoms with Crippen molar-refractivity contribution in [2.24, 2.45) is 0 Å². The van der Waals surface area contributed by atoms with E-state index in [0.717, 1.165) is 11.1 Å². The van der Waals surface area contributed by atoms with Gasteiger partial charge in [-0.25, -0.2) is 0 Å². The molecule has 1 atom stereocenters. The molecule has 0 aliphatic carbocycles. The minimum atomic E-state index is -0.856. The molecule has 0 saturated heterocycles. The van der Waals surface area contributed by atoms with E-state index in [0.29, 0.717) is 12.1 Å². The smallest absolute Gasteiger partial charge is 0.311 e. The number of benzene rings is 3. The summed E-state index contributed by atoms with van der Waals surface area (Å²) in [7, 11) is 0. The van der Waals surface area contributed by atoms with Crippen LogP contribution in [0.4, 0.5) is 5.69 Å². The van der Waals surface area contributed by atoms with Gasteiger partial charge in [-0.05, 0) is 22.8 Å². The van der Waals surface area contributed by atoms with Gasteiger partial charge in [0.25, 0.3) is 0 Å². The first kappa shape index (κ1) is 19.5. The van der Waals surface area contributed by atoms with Crippen molar-refractivity contribution in [1.82, 2.24) is 5.32 Å². The molecular weight excluding hydrogens is 356 g/mol. The fourth-order valence-corrected chi connectivity index (χ4v) is 2.81. The molecule has 1 unspecified atom stereocenters. The Morgan fingerprint density at radius 3 is 2.25 bits per heavy atom. The van der Waals surface area contributed by atoms with Crippen LogP contribution in [-0.2, 0) is 13.2 Å². The van der Waals surface area contributed by atoms with Crippen molar-refractivity contribution < 1.29 is 14.8 Å². The van der Waals surface area contributed by atoms with Crippen LogP contribution < -0.4 is 10.1 Å². The Morgan fingerprint density at radius 1 is 0.964 bits per heavy atom. The Hall–Kier alpha value is -3.22. The number of aliphatic hydroxyl groups is 1. The lowest BCUT2D eigenvalue weighted by atomic mass is 10.1. The van der Waals surface area contributed by atoms with Gasteiger partial charge in [-0.1, -0.05) is 66.7 Å². The Kier molecular flexibility index (Phi) is 6.73. The fraction of sp³-hybridized carbons (Fsp3) is 0.182. The summed E-state index contributed by atoms with van der Waals surface area (Å²) in [6, 6.07) is 23.8. The largest absolute Gasteiger partial charge is 0.482 e. The third kappa shape index (κ3) is 5.39. The highest BCUT2D eigenvalue weighted by atomic mass is 16.6. The zero-order valence-corrected chi connectivity index (χ0v) is 15.3. The standard InChI is InChI=1S/C22H22N2O4/c25-21(15-23-14-17-7-3-1-4-8-17)19-11-12-22(20(13-19)24(26)27)28-16-18-9-5-2-6-10-18/h1-13,21,23,25H,14-16H2. The summed E-state index contributed by atoms with van der Waals surface area (Å²) in [5, 5.41) is 25.0. The van der Waals surface area contributed by atoms with E-state index in [-0.39, 0.29) is 24.6 Å². The topological polar surface area (TPSA) is 84.6 Å². The van der Waals surface area contributed by atoms with E-state index in [1.54, 1.807) is 6.07 Å². The molecule has 2 N–H and O–H groups in total. The van der Waals surface area contributed by atoms with Crippen molar-refractivity contribution in [2.75, 3.05) is 6.54 Å². The van der Waals surface area contributed by atoms with Crippen molar-refractivity contribution in [3.05, 3.63) is 106 Å². The molecule has 3 aromatic rings. The minimum absolute atomic E-state index is 0.157. The number of hydrogen-bond acceptors (Lipinski definition) is 5. The highest BCUT2D eigenvalue weighted by Gasteiger charge is 2.19. The predicted molar refractivity (Wildman–Crippen MR) is 107 cm³/mol. The number of aliphatic hydroxyl groups excluding tert-OH is 1. The first-order valence-corrected chi connectivity index (χ1v) is 9.01. The molecule has 6 nitrogen and oxygen atoms in total. The van der Waals surface area contributed by atoms with Gasteiger partial charge in [0.2, 0.25) is 0 Å². The molecule has 0 amide bonds. The van der Waals surface area contributed by atoms with Crippen LogP contribution in [0, 0.1) is 10.1 Å². The molecule has 3 aromatic carbocycles. The molecule has 0 radical (unpaired) electrons. The lowest BCUT2D eigenvalue weighted by Crippen LogP contribution is -2.21. The number of nitrogens with zero attached hydrogens (tertiary/aromatic N) is 1. The highest BCUT2D eigenvalue weighted by Crippen LogP contribution is 2.30. The summed E-state index contributed by atoms with van der Waals surface area (Å²) in [4.78, 5) is 10.9. The Morgan fingerprint density at radius 2 is 1.61 bits per heavy atom. The summed E-state index contributed by atoms with van der Waals surface area (Å²) in [5.41, 5.74) is 2.34. The van der Waals surface area contributed by atoms with Gasteiger partial charge in [-0.15, -0.1) is 0 Å². The molecule has 28 heavy (non-hydrogen) atoms. The van der Waals surface area contributed by atoms with Gasteiger partial charge in [0, 0.05) is 19.2 Å². The molecule has 3 rings (SSSR count). The number of rotatable bonds is 9. The van der Waals surface area contributed by atoms with Crippen LogP contribution in [0.2, 0.25) is 0 Å². The maximum Gasteiger partial charge on any atom is 0.311 e. The van der Waals surface area contributed by atoms with E-state index in [1.165, 1.54) is 12.1 Å². The van der Waals surface area contributed by atoms with Crippen LogP contribution in [0.5, 0.6) is 5.75 Å². The SMILES string of the molecule is O=[N+]([O-])c1cc(C(O)CNCc2ccccc2)ccc1OCc1ccccc1. The second-order valence-corrected chi connectivity index (χ2v) is 6.39. The van der Waals surface area contributed by atoms with Crippen molar-refractivity contribution >= 4 is 5.69 Å². The summed E-state index contributed by atoms with van der Waals surface area (Å²) in [5.74, 6) is 0.182. The summed E-state index contributed by atoms with van der Waals surface area (Å²) >= 11 is 0. The molecule has 6 heteroatoms. The Bertz CT molecular complexity index is 901. The maximum absolute atomic E-state index is 11.4. The molecule has 0 aliphatic rings. The van der Waals surface area contributed by atoms with Gasteiger partial charge in [0.15, 0.2) is 5.75 Å². The van der Waals surface area contributed by atoms with E-state index < -0.39 is 11.0 Å². The number of hydrogen-bond donors (Lipinski definition) is 2. The van der Waals surface area contributed by atoms with Crippen LogP contribution >= 0.6 is 0 Å². The second kappa shape index (κ2) is 9.64. The predicted octanol–water partition coefficient (Wildman–Crippen LogP) is 4.00. The van der Waals surface area contributed by atoms with Crippen LogP contribution in [0.3, 0.4) is 0 Å². The van der Waals surface area contributed by atoms with E-state index in [2.05, 4.69) is 5.32 Å². The van der Waals surface area contributed by atoms with Crippen molar-refractivity contribution in [3.63, 3.8) is 0 Å². The monoisotopic (exact) mass is 378 g/mol. The van der Waals surface area contributed by atoms with Crippen LogP contribution in [0.15, 0.2) is 78.9 Å². The first-order valence-electron chi connectivity index (χ1n) is 9.01. The zero-order chi connectivity index (χ0) is 19.8. The zero-order valence-electron chi connectivity index (χ0n) is 15.3. The van der Waals surface area contributed by atoms with Gasteiger partial charge >= 0.3 is 5.69 Å². The molecule has 0 aliphatic heterocycles. The Labute approximate surface area is 163 Å². The number of ether oxygens (including phenoxy) is 1. The number of nitro benzene ring substituents is 1. The number of nitrogens with one attached hydrogen (secondary N) is 1.